The molecule has 1 aliphatic rings. The number of hydrogen-bond donors (Lipinski definition) is 2. The predicted octanol–water partition coefficient (Wildman–Crippen LogP) is 2.33. The Morgan fingerprint density at radius 2 is 2.12 bits per heavy atom. The lowest BCUT2D eigenvalue weighted by Gasteiger charge is -2.17. The maximum Gasteiger partial charge on any atom is 0.137 e. The maximum absolute atomic E-state index is 9.31. The van der Waals surface area contributed by atoms with Gasteiger partial charge in [0.25, 0.3) is 0 Å². The van der Waals surface area contributed by atoms with Gasteiger partial charge in [-0.1, -0.05) is 18.5 Å². The molecule has 0 atom stereocenters. The van der Waals surface area contributed by atoms with Gasteiger partial charge in [-0.05, 0) is 26.2 Å². The number of anilines is 1. The van der Waals surface area contributed by atoms with Gasteiger partial charge in [-0.2, -0.15) is 0 Å². The summed E-state index contributed by atoms with van der Waals surface area (Å²) in [6, 6.07) is 0. The van der Waals surface area contributed by atoms with E-state index < -0.39 is 0 Å². The fraction of sp³-hybridized carbons (Fsp3) is 0.667. The fourth-order valence-corrected chi connectivity index (χ4v) is 1.90. The summed E-state index contributed by atoms with van der Waals surface area (Å²) >= 11 is 6.09. The Morgan fingerprint density at radius 3 is 2.65 bits per heavy atom. The lowest BCUT2D eigenvalue weighted by molar-refractivity contribution is 0.266. The molecule has 0 spiro atoms. The Labute approximate surface area is 106 Å². The van der Waals surface area contributed by atoms with Crippen LogP contribution in [0.5, 0.6) is 0 Å². The second kappa shape index (κ2) is 4.78. The third kappa shape index (κ3) is 2.69. The van der Waals surface area contributed by atoms with E-state index in [0.29, 0.717) is 5.15 Å². The van der Waals surface area contributed by atoms with E-state index >= 15 is 0 Å². The minimum absolute atomic E-state index is 0.136. The van der Waals surface area contributed by atoms with Gasteiger partial charge in [0.2, 0.25) is 0 Å². The van der Waals surface area contributed by atoms with Gasteiger partial charge in [-0.25, -0.2) is 9.97 Å². The molecule has 1 aromatic heterocycles. The number of aliphatic hydroxyl groups is 1. The van der Waals surface area contributed by atoms with Crippen molar-refractivity contribution in [3.05, 3.63) is 16.5 Å². The summed E-state index contributed by atoms with van der Waals surface area (Å²) in [6.07, 6.45) is 3.77. The quantitative estimate of drug-likeness (QED) is 0.793. The van der Waals surface area contributed by atoms with E-state index in [-0.39, 0.29) is 12.1 Å². The highest BCUT2D eigenvalue weighted by Gasteiger charge is 2.42. The second-order valence-electron chi connectivity index (χ2n) is 4.72. The van der Waals surface area contributed by atoms with Gasteiger partial charge in [0, 0.05) is 12.0 Å². The van der Waals surface area contributed by atoms with Gasteiger partial charge < -0.3 is 10.4 Å². The van der Waals surface area contributed by atoms with E-state index in [4.69, 9.17) is 11.6 Å². The van der Waals surface area contributed by atoms with Gasteiger partial charge in [-0.15, -0.1) is 0 Å². The summed E-state index contributed by atoms with van der Waals surface area (Å²) < 4.78 is 0. The van der Waals surface area contributed by atoms with Gasteiger partial charge in [0.15, 0.2) is 0 Å². The normalized spacial score (nSPS) is 16.9. The van der Waals surface area contributed by atoms with E-state index in [1.165, 1.54) is 0 Å². The SMILES string of the molecule is CCCc1nc(Cl)c(C)c(NC2(CO)CC2)n1. The predicted molar refractivity (Wildman–Crippen MR) is 68.4 cm³/mol. The zero-order valence-corrected chi connectivity index (χ0v) is 11.0. The van der Waals surface area contributed by atoms with Crippen LogP contribution in [0, 0.1) is 6.92 Å². The molecule has 17 heavy (non-hydrogen) atoms. The van der Waals surface area contributed by atoms with Crippen molar-refractivity contribution in [3.8, 4) is 0 Å². The van der Waals surface area contributed by atoms with Crippen molar-refractivity contribution >= 4 is 17.4 Å². The van der Waals surface area contributed by atoms with Crippen LogP contribution in [-0.4, -0.2) is 27.2 Å². The molecule has 1 saturated carbocycles. The monoisotopic (exact) mass is 255 g/mol. The van der Waals surface area contributed by atoms with Crippen molar-refractivity contribution in [1.29, 1.82) is 0 Å². The number of aromatic nitrogens is 2. The highest BCUT2D eigenvalue weighted by atomic mass is 35.5. The minimum Gasteiger partial charge on any atom is -0.394 e. The van der Waals surface area contributed by atoms with E-state index in [2.05, 4.69) is 22.2 Å². The van der Waals surface area contributed by atoms with Crippen molar-refractivity contribution in [3.63, 3.8) is 0 Å². The molecule has 0 bridgehead atoms. The van der Waals surface area contributed by atoms with Crippen LogP contribution in [0.15, 0.2) is 0 Å². The van der Waals surface area contributed by atoms with E-state index in [0.717, 1.165) is 42.9 Å². The van der Waals surface area contributed by atoms with E-state index in [1.807, 2.05) is 6.92 Å². The Balaban J connectivity index is 2.25. The third-order valence-electron chi connectivity index (χ3n) is 3.15. The number of rotatable bonds is 5. The van der Waals surface area contributed by atoms with Crippen LogP contribution in [0.2, 0.25) is 5.15 Å². The average Bonchev–Trinajstić information content (AvgIpc) is 3.06. The smallest absolute Gasteiger partial charge is 0.137 e. The molecular formula is C12H18ClN3O. The average molecular weight is 256 g/mol. The van der Waals surface area contributed by atoms with Crippen LogP contribution < -0.4 is 5.32 Å². The number of aliphatic hydroxyl groups excluding tert-OH is 1. The Bertz CT molecular complexity index is 418. The van der Waals surface area contributed by atoms with Gasteiger partial charge in [0.05, 0.1) is 12.1 Å². The molecule has 0 amide bonds. The number of nitrogens with zero attached hydrogens (tertiary/aromatic N) is 2. The summed E-state index contributed by atoms with van der Waals surface area (Å²) in [6.45, 7) is 4.12. The highest BCUT2D eigenvalue weighted by Crippen LogP contribution is 2.39. The molecule has 94 valence electrons. The van der Waals surface area contributed by atoms with Crippen LogP contribution in [0.1, 0.15) is 37.6 Å². The molecule has 4 nitrogen and oxygen atoms in total. The van der Waals surface area contributed by atoms with Crippen LogP contribution in [0.4, 0.5) is 5.82 Å². The first-order chi connectivity index (χ1) is 8.10. The maximum atomic E-state index is 9.31. The van der Waals surface area contributed by atoms with Gasteiger partial charge in [0.1, 0.15) is 16.8 Å². The molecule has 5 heteroatoms. The molecule has 1 aliphatic carbocycles. The van der Waals surface area contributed by atoms with Crippen molar-refractivity contribution in [2.24, 2.45) is 0 Å². The standard InChI is InChI=1S/C12H18ClN3O/c1-3-4-9-14-10(13)8(2)11(15-9)16-12(7-17)5-6-12/h17H,3-7H2,1-2H3,(H,14,15,16). The topological polar surface area (TPSA) is 58.0 Å². The summed E-state index contributed by atoms with van der Waals surface area (Å²) in [7, 11) is 0. The Morgan fingerprint density at radius 1 is 1.41 bits per heavy atom. The summed E-state index contributed by atoms with van der Waals surface area (Å²) in [4.78, 5) is 8.73. The number of aryl methyl sites for hydroxylation is 1. The van der Waals surface area contributed by atoms with Crippen LogP contribution in [0.25, 0.3) is 0 Å². The number of hydrogen-bond acceptors (Lipinski definition) is 4. The molecule has 0 aliphatic heterocycles. The van der Waals surface area contributed by atoms with Gasteiger partial charge in [-0.3, -0.25) is 0 Å². The fourth-order valence-electron chi connectivity index (χ4n) is 1.71. The Hall–Kier alpha value is -0.870. The van der Waals surface area contributed by atoms with Crippen LogP contribution >= 0.6 is 11.6 Å². The van der Waals surface area contributed by atoms with Crippen molar-refractivity contribution in [2.75, 3.05) is 11.9 Å². The molecule has 0 radical (unpaired) electrons. The third-order valence-corrected chi connectivity index (χ3v) is 3.51. The number of halogens is 1. The first-order valence-electron chi connectivity index (χ1n) is 6.02. The molecule has 1 aromatic rings. The molecule has 0 aromatic carbocycles. The summed E-state index contributed by atoms with van der Waals surface area (Å²) in [5.74, 6) is 1.53. The van der Waals surface area contributed by atoms with E-state index in [1.54, 1.807) is 0 Å². The first kappa shape index (κ1) is 12.6. The van der Waals surface area contributed by atoms with Crippen LogP contribution in [0.3, 0.4) is 0 Å². The molecule has 1 fully saturated rings. The lowest BCUT2D eigenvalue weighted by Crippen LogP contribution is -2.27. The Kier molecular flexibility index (Phi) is 3.54. The molecule has 2 N–H and O–H groups in total. The minimum atomic E-state index is -0.175. The van der Waals surface area contributed by atoms with Crippen LogP contribution in [-0.2, 0) is 6.42 Å². The molecule has 2 rings (SSSR count). The van der Waals surface area contributed by atoms with Crippen molar-refractivity contribution in [1.82, 2.24) is 9.97 Å². The second-order valence-corrected chi connectivity index (χ2v) is 5.08. The highest BCUT2D eigenvalue weighted by molar-refractivity contribution is 6.30. The van der Waals surface area contributed by atoms with E-state index in [9.17, 15) is 5.11 Å². The molecule has 1 heterocycles. The van der Waals surface area contributed by atoms with Gasteiger partial charge >= 0.3 is 0 Å². The zero-order chi connectivity index (χ0) is 12.5. The lowest BCUT2D eigenvalue weighted by atomic mass is 10.2. The van der Waals surface area contributed by atoms with Crippen molar-refractivity contribution in [2.45, 2.75) is 45.1 Å². The summed E-state index contributed by atoms with van der Waals surface area (Å²) in [5, 5.41) is 13.1. The largest absolute Gasteiger partial charge is 0.394 e. The first-order valence-corrected chi connectivity index (χ1v) is 6.40. The molecule has 0 saturated heterocycles. The van der Waals surface area contributed by atoms with Crippen molar-refractivity contribution < 1.29 is 5.11 Å². The molecule has 0 unspecified atom stereocenters. The summed E-state index contributed by atoms with van der Waals surface area (Å²) in [5.41, 5.74) is 0.678. The molecular weight excluding hydrogens is 238 g/mol. The number of nitrogens with one attached hydrogen (secondary N) is 1. The zero-order valence-electron chi connectivity index (χ0n) is 10.3.